The summed E-state index contributed by atoms with van der Waals surface area (Å²) in [5.41, 5.74) is 5.51. The van der Waals surface area contributed by atoms with Crippen LogP contribution in [0.25, 0.3) is 0 Å². The number of pyridine rings is 1. The first-order valence-corrected chi connectivity index (χ1v) is 9.58. The Morgan fingerprint density at radius 1 is 0.966 bits per heavy atom. The van der Waals surface area contributed by atoms with Crippen LogP contribution in [-0.2, 0) is 28.9 Å². The number of nitrogens with two attached hydrogens (primary N) is 1. The van der Waals surface area contributed by atoms with Crippen LogP contribution in [0, 0.1) is 0 Å². The highest BCUT2D eigenvalue weighted by Crippen LogP contribution is 2.16. The minimum absolute atomic E-state index is 0. The largest absolute Gasteiger partial charge is 0.353 e. The number of hydrazine groups is 1. The maximum Gasteiger partial charge on any atom is 0.238 e. The van der Waals surface area contributed by atoms with E-state index in [1.54, 1.807) is 6.92 Å². The van der Waals surface area contributed by atoms with Crippen LogP contribution in [0.5, 0.6) is 0 Å². The van der Waals surface area contributed by atoms with Crippen LogP contribution in [0.3, 0.4) is 0 Å². The van der Waals surface area contributed by atoms with Gasteiger partial charge in [0.2, 0.25) is 11.8 Å². The van der Waals surface area contributed by atoms with E-state index < -0.39 is 0 Å². The molecule has 29 heavy (non-hydrogen) atoms. The van der Waals surface area contributed by atoms with Gasteiger partial charge < -0.3 is 9.80 Å². The van der Waals surface area contributed by atoms with E-state index in [2.05, 4.69) is 39.6 Å². The molecule has 1 fully saturated rings. The van der Waals surface area contributed by atoms with E-state index in [1.165, 1.54) is 11.1 Å². The Hall–Kier alpha value is -2.93. The van der Waals surface area contributed by atoms with Gasteiger partial charge >= 0.3 is 0 Å². The van der Waals surface area contributed by atoms with Crippen molar-refractivity contribution in [2.24, 2.45) is 5.84 Å². The van der Waals surface area contributed by atoms with Crippen molar-refractivity contribution in [3.63, 3.8) is 0 Å². The predicted molar refractivity (Wildman–Crippen MR) is 115 cm³/mol. The van der Waals surface area contributed by atoms with Crippen LogP contribution in [0.15, 0.2) is 42.6 Å². The van der Waals surface area contributed by atoms with Crippen molar-refractivity contribution in [2.75, 3.05) is 31.1 Å². The summed E-state index contributed by atoms with van der Waals surface area (Å²) in [6.07, 6.45) is 4.06. The second kappa shape index (κ2) is 10.6. The number of aromatic nitrogens is 1. The van der Waals surface area contributed by atoms with E-state index in [0.29, 0.717) is 6.42 Å². The lowest BCUT2D eigenvalue weighted by atomic mass is 10.0. The normalized spacial score (nSPS) is 13.6. The van der Waals surface area contributed by atoms with Crippen molar-refractivity contribution in [2.45, 2.75) is 33.6 Å². The second-order valence-electron chi connectivity index (χ2n) is 7.08. The Morgan fingerprint density at radius 2 is 1.55 bits per heavy atom. The maximum atomic E-state index is 11.4. The van der Waals surface area contributed by atoms with E-state index in [1.807, 2.05) is 23.2 Å². The Bertz CT molecular complexity index is 797. The Labute approximate surface area is 172 Å². The Balaban J connectivity index is 0.00000300. The lowest BCUT2D eigenvalue weighted by molar-refractivity contribution is -0.129. The fourth-order valence-electron chi connectivity index (χ4n) is 3.35. The van der Waals surface area contributed by atoms with E-state index in [9.17, 15) is 9.59 Å². The molecule has 0 unspecified atom stereocenters. The Kier molecular flexibility index (Phi) is 8.15. The highest BCUT2D eigenvalue weighted by Gasteiger charge is 2.19. The van der Waals surface area contributed by atoms with E-state index in [-0.39, 0.29) is 19.2 Å². The number of aryl methyl sites for hydroxylation is 2. The van der Waals surface area contributed by atoms with Crippen LogP contribution < -0.4 is 16.2 Å². The number of carbonyl (C=O) groups is 2. The fourth-order valence-corrected chi connectivity index (χ4v) is 3.35. The number of carbonyl (C=O) groups excluding carboxylic acids is 2. The van der Waals surface area contributed by atoms with Crippen molar-refractivity contribution in [1.82, 2.24) is 15.3 Å². The number of anilines is 1. The summed E-state index contributed by atoms with van der Waals surface area (Å²) in [6.45, 7) is 4.76. The van der Waals surface area contributed by atoms with E-state index in [4.69, 9.17) is 5.84 Å². The van der Waals surface area contributed by atoms with E-state index >= 15 is 0 Å². The molecule has 0 radical (unpaired) electrons. The smallest absolute Gasteiger partial charge is 0.238 e. The quantitative estimate of drug-likeness (QED) is 0.440. The molecule has 2 aromatic rings. The topological polar surface area (TPSA) is 91.6 Å². The lowest BCUT2D eigenvalue weighted by Crippen LogP contribution is -2.48. The van der Waals surface area contributed by atoms with Crippen LogP contribution in [-0.4, -0.2) is 47.9 Å². The molecular weight excluding hydrogens is 366 g/mol. The zero-order valence-corrected chi connectivity index (χ0v) is 16.2. The zero-order chi connectivity index (χ0) is 19.9. The van der Waals surface area contributed by atoms with Crippen LogP contribution in [0.1, 0.15) is 31.0 Å². The molecule has 1 aromatic heterocycles. The van der Waals surface area contributed by atoms with Crippen LogP contribution in [0.2, 0.25) is 0 Å². The summed E-state index contributed by atoms with van der Waals surface area (Å²) in [6, 6.07) is 12.2. The molecular formula is C22H31N5O2. The van der Waals surface area contributed by atoms with Crippen LogP contribution in [0.4, 0.5) is 5.82 Å². The standard InChI is InChI=1S/C21H27N5O2.CH4/c1-16(27)25-10-12-26(13-11-25)20-9-8-19(15-23-20)7-4-17-2-5-18(6-3-17)14-21(28)24-22;/h2-3,5-6,8-9,15H,4,7,10-14,22H2,1H3,(H,24,28);1H4. The van der Waals surface area contributed by atoms with Crippen molar-refractivity contribution < 1.29 is 9.59 Å². The van der Waals surface area contributed by atoms with Gasteiger partial charge in [0.25, 0.3) is 0 Å². The number of piperazine rings is 1. The molecule has 1 aliphatic heterocycles. The zero-order valence-electron chi connectivity index (χ0n) is 16.2. The molecule has 1 saturated heterocycles. The van der Waals surface area contributed by atoms with Gasteiger partial charge in [-0.2, -0.15) is 0 Å². The lowest BCUT2D eigenvalue weighted by Gasteiger charge is -2.34. The molecule has 0 atom stereocenters. The average molecular weight is 398 g/mol. The number of hydrogen-bond donors (Lipinski definition) is 2. The average Bonchev–Trinajstić information content (AvgIpc) is 2.73. The molecule has 1 aromatic carbocycles. The van der Waals surface area contributed by atoms with Crippen molar-refractivity contribution in [1.29, 1.82) is 0 Å². The summed E-state index contributed by atoms with van der Waals surface area (Å²) >= 11 is 0. The van der Waals surface area contributed by atoms with Gasteiger partial charge in [-0.05, 0) is 35.6 Å². The van der Waals surface area contributed by atoms with Gasteiger partial charge in [-0.1, -0.05) is 37.8 Å². The number of nitrogens with one attached hydrogen (secondary N) is 1. The molecule has 2 heterocycles. The van der Waals surface area contributed by atoms with E-state index in [0.717, 1.165) is 50.4 Å². The molecule has 0 aliphatic carbocycles. The number of rotatable bonds is 6. The third-order valence-electron chi connectivity index (χ3n) is 5.11. The molecule has 0 saturated carbocycles. The molecule has 0 bridgehead atoms. The third-order valence-corrected chi connectivity index (χ3v) is 5.11. The number of nitrogens with zero attached hydrogens (tertiary/aromatic N) is 3. The minimum Gasteiger partial charge on any atom is -0.353 e. The molecule has 1 aliphatic rings. The molecule has 3 N–H and O–H groups in total. The monoisotopic (exact) mass is 397 g/mol. The fraction of sp³-hybridized carbons (Fsp3) is 0.409. The molecule has 2 amide bonds. The highest BCUT2D eigenvalue weighted by atomic mass is 16.2. The summed E-state index contributed by atoms with van der Waals surface area (Å²) in [7, 11) is 0. The van der Waals surface area contributed by atoms with Gasteiger partial charge in [0, 0.05) is 39.3 Å². The first-order chi connectivity index (χ1) is 13.5. The van der Waals surface area contributed by atoms with Crippen molar-refractivity contribution in [3.05, 3.63) is 59.3 Å². The summed E-state index contributed by atoms with van der Waals surface area (Å²) < 4.78 is 0. The van der Waals surface area contributed by atoms with Crippen molar-refractivity contribution >= 4 is 17.6 Å². The maximum absolute atomic E-state index is 11.4. The van der Waals surface area contributed by atoms with Gasteiger partial charge in [-0.25, -0.2) is 10.8 Å². The number of hydrogen-bond acceptors (Lipinski definition) is 5. The highest BCUT2D eigenvalue weighted by molar-refractivity contribution is 5.77. The molecule has 7 heteroatoms. The molecule has 7 nitrogen and oxygen atoms in total. The number of amides is 2. The van der Waals surface area contributed by atoms with Gasteiger partial charge in [0.15, 0.2) is 0 Å². The summed E-state index contributed by atoms with van der Waals surface area (Å²) in [4.78, 5) is 31.4. The molecule has 0 spiro atoms. The Morgan fingerprint density at radius 3 is 2.10 bits per heavy atom. The first-order valence-electron chi connectivity index (χ1n) is 9.58. The summed E-state index contributed by atoms with van der Waals surface area (Å²) in [5, 5.41) is 0. The second-order valence-corrected chi connectivity index (χ2v) is 7.08. The third kappa shape index (κ3) is 6.29. The molecule has 3 rings (SSSR count). The van der Waals surface area contributed by atoms with Gasteiger partial charge in [-0.15, -0.1) is 0 Å². The molecule has 156 valence electrons. The first kappa shape index (κ1) is 22.4. The predicted octanol–water partition coefficient (Wildman–Crippen LogP) is 1.70. The van der Waals surface area contributed by atoms with Gasteiger partial charge in [0.05, 0.1) is 6.42 Å². The minimum atomic E-state index is -0.193. The van der Waals surface area contributed by atoms with Gasteiger partial charge in [0.1, 0.15) is 5.82 Å². The van der Waals surface area contributed by atoms with Crippen LogP contribution >= 0.6 is 0 Å². The summed E-state index contributed by atoms with van der Waals surface area (Å²) in [5.74, 6) is 6.03. The number of benzene rings is 1. The van der Waals surface area contributed by atoms with Crippen molar-refractivity contribution in [3.8, 4) is 0 Å². The SMILES string of the molecule is C.CC(=O)N1CCN(c2ccc(CCc3ccc(CC(=O)NN)cc3)cn2)CC1. The van der Waals surface area contributed by atoms with Gasteiger partial charge in [-0.3, -0.25) is 15.0 Å².